The molecule has 0 spiro atoms. The maximum Gasteiger partial charge on any atom is 0.194 e. The Morgan fingerprint density at radius 2 is 1.97 bits per heavy atom. The lowest BCUT2D eigenvalue weighted by atomic mass is 10.1. The maximum absolute atomic E-state index is 6.08. The van der Waals surface area contributed by atoms with Crippen LogP contribution in [0.25, 0.3) is 0 Å². The van der Waals surface area contributed by atoms with E-state index in [4.69, 9.17) is 19.0 Å². The molecule has 8 heteroatoms. The van der Waals surface area contributed by atoms with Crippen LogP contribution in [0.1, 0.15) is 36.6 Å². The van der Waals surface area contributed by atoms with E-state index in [9.17, 15) is 0 Å². The van der Waals surface area contributed by atoms with Crippen LogP contribution in [-0.4, -0.2) is 73.0 Å². The van der Waals surface area contributed by atoms with Gasteiger partial charge in [0.15, 0.2) is 5.96 Å². The standard InChI is InChI=1S/C24H35N5O3/c1-2-25-24(29-11-9-28(10-12-29)18-22-6-15-32-27-22)26-17-20-4-3-5-21(16-20)19-31-23-7-13-30-14-8-23/h3-6,15-16,23H,2,7-14,17-19H2,1H3,(H,25,26). The molecular weight excluding hydrogens is 406 g/mol. The van der Waals surface area contributed by atoms with Gasteiger partial charge in [-0.25, -0.2) is 4.99 Å². The van der Waals surface area contributed by atoms with Gasteiger partial charge in [-0.05, 0) is 30.9 Å². The van der Waals surface area contributed by atoms with E-state index in [2.05, 4.69) is 51.5 Å². The van der Waals surface area contributed by atoms with Crippen molar-refractivity contribution >= 4 is 5.96 Å². The number of rotatable bonds is 8. The second-order valence-electron chi connectivity index (χ2n) is 8.37. The highest BCUT2D eigenvalue weighted by atomic mass is 16.5. The van der Waals surface area contributed by atoms with Gasteiger partial charge in [-0.1, -0.05) is 29.4 Å². The first-order chi connectivity index (χ1) is 15.8. The summed E-state index contributed by atoms with van der Waals surface area (Å²) in [7, 11) is 0. The lowest BCUT2D eigenvalue weighted by Crippen LogP contribution is -2.52. The fourth-order valence-corrected chi connectivity index (χ4v) is 4.13. The van der Waals surface area contributed by atoms with E-state index in [0.29, 0.717) is 19.3 Å². The summed E-state index contributed by atoms with van der Waals surface area (Å²) in [5, 5.41) is 7.48. The summed E-state index contributed by atoms with van der Waals surface area (Å²) in [6, 6.07) is 10.5. The Morgan fingerprint density at radius 1 is 1.16 bits per heavy atom. The number of nitrogens with one attached hydrogen (secondary N) is 1. The summed E-state index contributed by atoms with van der Waals surface area (Å²) < 4.78 is 16.4. The van der Waals surface area contributed by atoms with E-state index in [-0.39, 0.29) is 0 Å². The summed E-state index contributed by atoms with van der Waals surface area (Å²) in [6.45, 7) is 10.6. The van der Waals surface area contributed by atoms with Gasteiger partial charge in [0.1, 0.15) is 6.26 Å². The molecule has 2 fully saturated rings. The lowest BCUT2D eigenvalue weighted by Gasteiger charge is -2.36. The smallest absolute Gasteiger partial charge is 0.194 e. The quantitative estimate of drug-likeness (QED) is 0.499. The average molecular weight is 442 g/mol. The number of aliphatic imine (C=N–C) groups is 1. The van der Waals surface area contributed by atoms with E-state index >= 15 is 0 Å². The van der Waals surface area contributed by atoms with Crippen LogP contribution >= 0.6 is 0 Å². The second kappa shape index (κ2) is 12.0. The molecule has 3 heterocycles. The highest BCUT2D eigenvalue weighted by molar-refractivity contribution is 5.80. The minimum absolute atomic E-state index is 0.314. The summed E-state index contributed by atoms with van der Waals surface area (Å²) in [6.07, 6.45) is 3.92. The first-order valence-corrected chi connectivity index (χ1v) is 11.7. The lowest BCUT2D eigenvalue weighted by molar-refractivity contribution is -0.0390. The molecule has 8 nitrogen and oxygen atoms in total. The van der Waals surface area contributed by atoms with Crippen molar-refractivity contribution in [3.8, 4) is 0 Å². The van der Waals surface area contributed by atoms with Gasteiger partial charge >= 0.3 is 0 Å². The Morgan fingerprint density at radius 3 is 2.72 bits per heavy atom. The fraction of sp³-hybridized carbons (Fsp3) is 0.583. The van der Waals surface area contributed by atoms with Crippen LogP contribution in [0.3, 0.4) is 0 Å². The summed E-state index contributed by atoms with van der Waals surface area (Å²) in [5.74, 6) is 0.984. The Labute approximate surface area is 190 Å². The molecule has 2 aromatic rings. The highest BCUT2D eigenvalue weighted by Gasteiger charge is 2.20. The van der Waals surface area contributed by atoms with E-state index in [1.807, 2.05) is 6.07 Å². The van der Waals surface area contributed by atoms with E-state index in [1.54, 1.807) is 6.26 Å². The Bertz CT molecular complexity index is 828. The molecule has 1 aromatic heterocycles. The molecular formula is C24H35N5O3. The minimum Gasteiger partial charge on any atom is -0.381 e. The van der Waals surface area contributed by atoms with Crippen molar-refractivity contribution in [2.45, 2.75) is 45.6 Å². The summed E-state index contributed by atoms with van der Waals surface area (Å²) >= 11 is 0. The van der Waals surface area contributed by atoms with Crippen LogP contribution < -0.4 is 5.32 Å². The van der Waals surface area contributed by atoms with Crippen LogP contribution in [0.5, 0.6) is 0 Å². The van der Waals surface area contributed by atoms with Gasteiger partial charge in [-0.15, -0.1) is 0 Å². The Hall–Kier alpha value is -2.42. The molecule has 2 aliphatic rings. The van der Waals surface area contributed by atoms with Crippen molar-refractivity contribution < 1.29 is 14.0 Å². The zero-order valence-corrected chi connectivity index (χ0v) is 19.0. The molecule has 2 saturated heterocycles. The van der Waals surface area contributed by atoms with E-state index < -0.39 is 0 Å². The number of aromatic nitrogens is 1. The minimum atomic E-state index is 0.314. The third kappa shape index (κ3) is 6.79. The van der Waals surface area contributed by atoms with Gasteiger partial charge in [0.05, 0.1) is 24.9 Å². The van der Waals surface area contributed by atoms with Crippen molar-refractivity contribution in [2.24, 2.45) is 4.99 Å². The first kappa shape index (κ1) is 22.8. The van der Waals surface area contributed by atoms with Crippen LogP contribution in [0.15, 0.2) is 46.1 Å². The van der Waals surface area contributed by atoms with Crippen molar-refractivity contribution in [1.29, 1.82) is 0 Å². The molecule has 0 amide bonds. The third-order valence-corrected chi connectivity index (χ3v) is 5.94. The number of ether oxygens (including phenoxy) is 2. The van der Waals surface area contributed by atoms with Crippen molar-refractivity contribution in [1.82, 2.24) is 20.3 Å². The topological polar surface area (TPSA) is 75.4 Å². The molecule has 1 aromatic carbocycles. The molecule has 0 unspecified atom stereocenters. The summed E-state index contributed by atoms with van der Waals surface area (Å²) in [5.41, 5.74) is 3.40. The predicted octanol–water partition coefficient (Wildman–Crippen LogP) is 2.65. The predicted molar refractivity (Wildman–Crippen MR) is 123 cm³/mol. The van der Waals surface area contributed by atoms with Crippen LogP contribution in [0, 0.1) is 0 Å². The number of piperazine rings is 1. The van der Waals surface area contributed by atoms with Gasteiger partial charge in [0.25, 0.3) is 0 Å². The normalized spacial score (nSPS) is 18.8. The first-order valence-electron chi connectivity index (χ1n) is 11.7. The van der Waals surface area contributed by atoms with Crippen LogP contribution in [0.2, 0.25) is 0 Å². The molecule has 0 bridgehead atoms. The van der Waals surface area contributed by atoms with Gasteiger partial charge in [0.2, 0.25) is 0 Å². The monoisotopic (exact) mass is 441 g/mol. The fourth-order valence-electron chi connectivity index (χ4n) is 4.13. The number of guanidine groups is 1. The highest BCUT2D eigenvalue weighted by Crippen LogP contribution is 2.15. The number of benzene rings is 1. The molecule has 0 saturated carbocycles. The van der Waals surface area contributed by atoms with Crippen LogP contribution in [-0.2, 0) is 29.2 Å². The molecule has 0 radical (unpaired) electrons. The third-order valence-electron chi connectivity index (χ3n) is 5.94. The molecule has 2 aliphatic heterocycles. The molecule has 4 rings (SSSR count). The summed E-state index contributed by atoms with van der Waals surface area (Å²) in [4.78, 5) is 9.68. The Balaban J connectivity index is 1.29. The van der Waals surface area contributed by atoms with E-state index in [0.717, 1.165) is 77.0 Å². The molecule has 32 heavy (non-hydrogen) atoms. The van der Waals surface area contributed by atoms with Gasteiger partial charge < -0.3 is 24.2 Å². The number of hydrogen-bond acceptors (Lipinski definition) is 6. The zero-order chi connectivity index (χ0) is 22.0. The molecule has 0 atom stereocenters. The van der Waals surface area contributed by atoms with Gasteiger partial charge in [-0.3, -0.25) is 4.90 Å². The van der Waals surface area contributed by atoms with Gasteiger partial charge in [-0.2, -0.15) is 0 Å². The molecule has 0 aliphatic carbocycles. The second-order valence-corrected chi connectivity index (χ2v) is 8.37. The van der Waals surface area contributed by atoms with Gasteiger partial charge in [0, 0.05) is 58.5 Å². The largest absolute Gasteiger partial charge is 0.381 e. The van der Waals surface area contributed by atoms with E-state index in [1.165, 1.54) is 11.1 Å². The molecule has 1 N–H and O–H groups in total. The Kier molecular flexibility index (Phi) is 8.53. The van der Waals surface area contributed by atoms with Crippen molar-refractivity contribution in [2.75, 3.05) is 45.9 Å². The average Bonchev–Trinajstić information content (AvgIpc) is 3.35. The maximum atomic E-state index is 6.08. The van der Waals surface area contributed by atoms with Crippen molar-refractivity contribution in [3.63, 3.8) is 0 Å². The molecule has 174 valence electrons. The van der Waals surface area contributed by atoms with Crippen molar-refractivity contribution in [3.05, 3.63) is 53.4 Å². The zero-order valence-electron chi connectivity index (χ0n) is 19.0. The number of nitrogens with zero attached hydrogens (tertiary/aromatic N) is 4. The SMILES string of the molecule is CCNC(=NCc1cccc(COC2CCOCC2)c1)N1CCN(Cc2ccon2)CC1. The number of hydrogen-bond donors (Lipinski definition) is 1. The van der Waals surface area contributed by atoms with Crippen LogP contribution in [0.4, 0.5) is 0 Å².